The Morgan fingerprint density at radius 2 is 1.46 bits per heavy atom. The molecular weight excluding hydrogens is 564 g/mol. The van der Waals surface area contributed by atoms with Gasteiger partial charge in [-0.2, -0.15) is 16.8 Å². The van der Waals surface area contributed by atoms with Gasteiger partial charge in [-0.05, 0) is 43.7 Å². The molecule has 1 aliphatic carbocycles. The summed E-state index contributed by atoms with van der Waals surface area (Å²) in [5.74, 6) is 0.512. The van der Waals surface area contributed by atoms with Crippen molar-refractivity contribution in [2.45, 2.75) is 56.7 Å². The van der Waals surface area contributed by atoms with Gasteiger partial charge < -0.3 is 9.32 Å². The zero-order valence-corrected chi connectivity index (χ0v) is 25.4. The molecule has 220 valence electrons. The molecule has 2 aromatic carbocycles. The topological polar surface area (TPSA) is 128 Å². The minimum atomic E-state index is -4.89. The van der Waals surface area contributed by atoms with Gasteiger partial charge in [0, 0.05) is 65.8 Å². The number of fused-ring (bicyclic) bond motifs is 2. The van der Waals surface area contributed by atoms with Crippen LogP contribution in [0.3, 0.4) is 0 Å². The minimum absolute atomic E-state index is 0.0890. The first-order valence-electron chi connectivity index (χ1n) is 13.9. The van der Waals surface area contributed by atoms with E-state index in [0.29, 0.717) is 27.9 Å². The summed E-state index contributed by atoms with van der Waals surface area (Å²) in [6.45, 7) is 11.8. The van der Waals surface area contributed by atoms with Gasteiger partial charge in [0.25, 0.3) is 20.2 Å². The Labute approximate surface area is 241 Å². The van der Waals surface area contributed by atoms with Crippen molar-refractivity contribution in [1.29, 1.82) is 0 Å². The normalized spacial score (nSPS) is 12.2. The van der Waals surface area contributed by atoms with Crippen molar-refractivity contribution in [3.8, 4) is 22.5 Å². The summed E-state index contributed by atoms with van der Waals surface area (Å²) in [6, 6.07) is 14.6. The van der Waals surface area contributed by atoms with Gasteiger partial charge in [-0.3, -0.25) is 9.11 Å². The maximum Gasteiger partial charge on any atom is 0.295 e. The Morgan fingerprint density at radius 3 is 2.05 bits per heavy atom. The van der Waals surface area contributed by atoms with E-state index in [-0.39, 0.29) is 5.56 Å². The van der Waals surface area contributed by atoms with Crippen molar-refractivity contribution in [1.82, 2.24) is 4.58 Å². The van der Waals surface area contributed by atoms with Crippen LogP contribution in [0.5, 0.6) is 0 Å². The SMILES string of the molecule is CCCN(CC)c1ccc2c(-c3ccc(S(=O)(=O)O)cc3S(=O)(=O)O)c3ccc(=[N+](CCC)CCC)cc-3oc2c1. The van der Waals surface area contributed by atoms with Crippen LogP contribution in [0.1, 0.15) is 47.0 Å². The highest BCUT2D eigenvalue weighted by Crippen LogP contribution is 2.43. The van der Waals surface area contributed by atoms with Gasteiger partial charge in [0.1, 0.15) is 29.3 Å². The first-order valence-corrected chi connectivity index (χ1v) is 16.7. The molecule has 0 amide bonds. The van der Waals surface area contributed by atoms with E-state index in [1.807, 2.05) is 36.4 Å². The summed E-state index contributed by atoms with van der Waals surface area (Å²) in [6.07, 6.45) is 2.88. The van der Waals surface area contributed by atoms with Crippen molar-refractivity contribution >= 4 is 36.9 Å². The van der Waals surface area contributed by atoms with Gasteiger partial charge in [0.15, 0.2) is 0 Å². The number of rotatable bonds is 11. The Balaban J connectivity index is 2.16. The molecule has 2 N–H and O–H groups in total. The second kappa shape index (κ2) is 12.3. The molecule has 41 heavy (non-hydrogen) atoms. The van der Waals surface area contributed by atoms with Gasteiger partial charge in [-0.1, -0.05) is 26.8 Å². The molecule has 0 aromatic heterocycles. The molecule has 2 aromatic rings. The quantitative estimate of drug-likeness (QED) is 0.131. The Morgan fingerprint density at radius 1 is 0.780 bits per heavy atom. The number of anilines is 1. The zero-order chi connectivity index (χ0) is 29.9. The standard InChI is InChI=1S/C30H36N2O7S2/c1-5-15-31(8-4)21-9-12-24-27(18-21)39-28-19-22(32(16-6-2)17-7-3)10-13-25(28)30(24)26-14-11-23(40(33,34)35)20-29(26)41(36,37)38/h9-14,18-20H,5-8,15-17H2,1-4H3,(H-,33,34,35,36,37,38)/p+1. The summed E-state index contributed by atoms with van der Waals surface area (Å²) in [4.78, 5) is 0.944. The predicted octanol–water partition coefficient (Wildman–Crippen LogP) is 5.53. The molecule has 0 fully saturated rings. The molecule has 0 saturated carbocycles. The average Bonchev–Trinajstić information content (AvgIpc) is 2.92. The Bertz CT molecular complexity index is 1820. The molecule has 1 aliphatic heterocycles. The summed E-state index contributed by atoms with van der Waals surface area (Å²) < 4.78 is 77.3. The molecule has 9 nitrogen and oxygen atoms in total. The highest BCUT2D eigenvalue weighted by atomic mass is 32.2. The first kappa shape index (κ1) is 30.7. The van der Waals surface area contributed by atoms with Crippen molar-refractivity contribution in [3.63, 3.8) is 0 Å². The van der Waals surface area contributed by atoms with Crippen LogP contribution in [0, 0.1) is 0 Å². The molecule has 0 radical (unpaired) electrons. The smallest absolute Gasteiger partial charge is 0.295 e. The van der Waals surface area contributed by atoms with E-state index >= 15 is 0 Å². The molecular formula is C30H37N2O7S2+. The molecule has 0 bridgehead atoms. The number of hydrogen-bond acceptors (Lipinski definition) is 6. The van der Waals surface area contributed by atoms with E-state index in [1.54, 1.807) is 0 Å². The number of benzene rings is 3. The maximum atomic E-state index is 12.6. The largest absolute Gasteiger partial charge is 0.456 e. The van der Waals surface area contributed by atoms with Crippen LogP contribution in [0.2, 0.25) is 0 Å². The fourth-order valence-corrected chi connectivity index (χ4v) is 6.59. The molecule has 2 aliphatic rings. The van der Waals surface area contributed by atoms with Gasteiger partial charge >= 0.3 is 0 Å². The molecule has 0 spiro atoms. The molecule has 1 heterocycles. The maximum absolute atomic E-state index is 12.6. The monoisotopic (exact) mass is 601 g/mol. The third-order valence-corrected chi connectivity index (χ3v) is 8.82. The van der Waals surface area contributed by atoms with Crippen LogP contribution in [0.25, 0.3) is 33.4 Å². The van der Waals surface area contributed by atoms with Crippen LogP contribution in [-0.4, -0.2) is 52.1 Å². The van der Waals surface area contributed by atoms with E-state index in [1.165, 1.54) is 6.07 Å². The minimum Gasteiger partial charge on any atom is -0.456 e. The van der Waals surface area contributed by atoms with Crippen LogP contribution < -0.4 is 14.8 Å². The van der Waals surface area contributed by atoms with Crippen molar-refractivity contribution in [2.24, 2.45) is 0 Å². The highest BCUT2D eigenvalue weighted by Gasteiger charge is 2.26. The average molecular weight is 602 g/mol. The van der Waals surface area contributed by atoms with Gasteiger partial charge in [-0.15, -0.1) is 0 Å². The van der Waals surface area contributed by atoms with E-state index in [2.05, 4.69) is 37.2 Å². The van der Waals surface area contributed by atoms with E-state index in [9.17, 15) is 25.9 Å². The van der Waals surface area contributed by atoms with Crippen LogP contribution in [-0.2, 0) is 20.2 Å². The zero-order valence-electron chi connectivity index (χ0n) is 23.8. The lowest BCUT2D eigenvalue weighted by Crippen LogP contribution is -2.31. The Hall–Kier alpha value is -3.25. The lowest BCUT2D eigenvalue weighted by Gasteiger charge is -2.23. The highest BCUT2D eigenvalue weighted by molar-refractivity contribution is 7.86. The molecule has 0 unspecified atom stereocenters. The van der Waals surface area contributed by atoms with Crippen molar-refractivity contribution in [2.75, 3.05) is 31.1 Å². The van der Waals surface area contributed by atoms with Gasteiger partial charge in [0.05, 0.1) is 11.0 Å². The van der Waals surface area contributed by atoms with E-state index in [4.69, 9.17) is 4.42 Å². The Kier molecular flexibility index (Phi) is 9.22. The van der Waals surface area contributed by atoms with Crippen molar-refractivity contribution < 1.29 is 30.4 Å². The second-order valence-corrected chi connectivity index (χ2v) is 12.8. The van der Waals surface area contributed by atoms with Gasteiger partial charge in [-0.25, -0.2) is 4.58 Å². The van der Waals surface area contributed by atoms with Crippen LogP contribution >= 0.6 is 0 Å². The summed E-state index contributed by atoms with van der Waals surface area (Å²) in [5, 5.41) is 1.55. The third-order valence-electron chi connectivity index (χ3n) is 7.08. The fourth-order valence-electron chi connectivity index (χ4n) is 5.28. The van der Waals surface area contributed by atoms with Crippen molar-refractivity contribution in [3.05, 3.63) is 60.0 Å². The fraction of sp³-hybridized carbons (Fsp3) is 0.367. The van der Waals surface area contributed by atoms with Gasteiger partial charge in [0.2, 0.25) is 5.36 Å². The first-order chi connectivity index (χ1) is 19.4. The lowest BCUT2D eigenvalue weighted by molar-refractivity contribution is 0.481. The summed E-state index contributed by atoms with van der Waals surface area (Å²) in [7, 11) is -9.62. The van der Waals surface area contributed by atoms with E-state index < -0.39 is 30.0 Å². The second-order valence-electron chi connectivity index (χ2n) is 10.0. The summed E-state index contributed by atoms with van der Waals surface area (Å²) in [5.41, 5.74) is 2.60. The third kappa shape index (κ3) is 6.48. The predicted molar refractivity (Wildman–Crippen MR) is 162 cm³/mol. The lowest BCUT2D eigenvalue weighted by atomic mass is 9.93. The molecule has 11 heteroatoms. The number of nitrogens with zero attached hydrogens (tertiary/aromatic N) is 2. The van der Waals surface area contributed by atoms with E-state index in [0.717, 1.165) is 68.6 Å². The van der Waals surface area contributed by atoms with Crippen LogP contribution in [0.15, 0.2) is 68.8 Å². The molecule has 4 rings (SSSR count). The van der Waals surface area contributed by atoms with Crippen LogP contribution in [0.4, 0.5) is 5.69 Å². The molecule has 0 atom stereocenters. The number of hydrogen-bond donors (Lipinski definition) is 2. The molecule has 0 saturated heterocycles. The summed E-state index contributed by atoms with van der Waals surface area (Å²) >= 11 is 0.